The lowest BCUT2D eigenvalue weighted by Gasteiger charge is -2.27. The minimum absolute atomic E-state index is 0.0555. The van der Waals surface area contributed by atoms with E-state index in [-0.39, 0.29) is 24.3 Å². The fourth-order valence-corrected chi connectivity index (χ4v) is 4.93. The molecule has 27 heavy (non-hydrogen) atoms. The van der Waals surface area contributed by atoms with Crippen LogP contribution in [-0.4, -0.2) is 57.4 Å². The van der Waals surface area contributed by atoms with Crippen molar-refractivity contribution >= 4 is 34.1 Å². The highest BCUT2D eigenvalue weighted by Crippen LogP contribution is 2.39. The Bertz CT molecular complexity index is 961. The van der Waals surface area contributed by atoms with Gasteiger partial charge >= 0.3 is 0 Å². The van der Waals surface area contributed by atoms with E-state index in [2.05, 4.69) is 10.4 Å². The Morgan fingerprint density at radius 2 is 2.11 bits per heavy atom. The fourth-order valence-electron chi connectivity index (χ4n) is 3.66. The molecule has 9 heteroatoms. The third-order valence-electron chi connectivity index (χ3n) is 4.96. The van der Waals surface area contributed by atoms with Crippen LogP contribution in [-0.2, 0) is 24.3 Å². The molecule has 4 rings (SSSR count). The van der Waals surface area contributed by atoms with E-state index in [0.717, 1.165) is 16.1 Å². The molecule has 0 aliphatic carbocycles. The van der Waals surface area contributed by atoms with Crippen LogP contribution in [0.5, 0.6) is 0 Å². The summed E-state index contributed by atoms with van der Waals surface area (Å²) in [6.45, 7) is 5.49. The number of hydrogen-bond donors (Lipinski definition) is 1. The van der Waals surface area contributed by atoms with Crippen molar-refractivity contribution in [1.82, 2.24) is 19.6 Å². The van der Waals surface area contributed by atoms with E-state index in [4.69, 9.17) is 0 Å². The summed E-state index contributed by atoms with van der Waals surface area (Å²) in [4.78, 5) is 41.8. The van der Waals surface area contributed by atoms with Crippen molar-refractivity contribution in [2.45, 2.75) is 33.4 Å². The van der Waals surface area contributed by atoms with Crippen molar-refractivity contribution in [2.24, 2.45) is 0 Å². The average molecular weight is 387 g/mol. The van der Waals surface area contributed by atoms with Crippen molar-refractivity contribution in [3.05, 3.63) is 33.5 Å². The van der Waals surface area contributed by atoms with E-state index in [0.29, 0.717) is 42.3 Å². The number of fused-ring (bicyclic) bond motifs is 3. The van der Waals surface area contributed by atoms with Gasteiger partial charge in [-0.3, -0.25) is 19.1 Å². The summed E-state index contributed by atoms with van der Waals surface area (Å²) in [5.41, 5.74) is 2.95. The first-order chi connectivity index (χ1) is 12.9. The lowest BCUT2D eigenvalue weighted by molar-refractivity contribution is -0.116. The van der Waals surface area contributed by atoms with Crippen LogP contribution >= 0.6 is 11.3 Å². The molecule has 2 aliphatic heterocycles. The summed E-state index contributed by atoms with van der Waals surface area (Å²) < 4.78 is 1.72. The van der Waals surface area contributed by atoms with Gasteiger partial charge in [0, 0.05) is 25.0 Å². The van der Waals surface area contributed by atoms with Gasteiger partial charge in [-0.2, -0.15) is 5.10 Å². The van der Waals surface area contributed by atoms with Gasteiger partial charge in [-0.1, -0.05) is 0 Å². The molecule has 8 nitrogen and oxygen atoms in total. The first-order valence-electron chi connectivity index (χ1n) is 8.92. The third kappa shape index (κ3) is 2.91. The van der Waals surface area contributed by atoms with Crippen LogP contribution in [0.15, 0.2) is 6.07 Å². The zero-order valence-corrected chi connectivity index (χ0v) is 16.4. The van der Waals surface area contributed by atoms with Crippen molar-refractivity contribution in [2.75, 3.05) is 25.5 Å². The highest BCUT2D eigenvalue weighted by atomic mass is 32.1. The van der Waals surface area contributed by atoms with Crippen LogP contribution in [0.1, 0.15) is 43.9 Å². The predicted octanol–water partition coefficient (Wildman–Crippen LogP) is 1.50. The molecule has 3 amide bonds. The minimum atomic E-state index is -0.196. The number of aromatic nitrogens is 2. The van der Waals surface area contributed by atoms with Gasteiger partial charge in [-0.25, -0.2) is 0 Å². The van der Waals surface area contributed by atoms with Gasteiger partial charge in [-0.15, -0.1) is 11.3 Å². The molecule has 0 radical (unpaired) electrons. The summed E-state index contributed by atoms with van der Waals surface area (Å²) >= 11 is 1.40. The molecule has 0 atom stereocenters. The molecular formula is C18H21N5O3S. The molecule has 0 saturated carbocycles. The van der Waals surface area contributed by atoms with Crippen LogP contribution in [0.2, 0.25) is 0 Å². The maximum atomic E-state index is 13.0. The molecule has 0 spiro atoms. The molecule has 142 valence electrons. The number of amides is 3. The van der Waals surface area contributed by atoms with Gasteiger partial charge in [0.1, 0.15) is 10.7 Å². The number of hydrogen-bond acceptors (Lipinski definition) is 5. The number of carbonyl (C=O) groups is 3. The molecule has 1 N–H and O–H groups in total. The van der Waals surface area contributed by atoms with Gasteiger partial charge in [0.05, 0.1) is 24.3 Å². The first-order valence-corrected chi connectivity index (χ1v) is 9.74. The van der Waals surface area contributed by atoms with E-state index in [1.807, 2.05) is 19.9 Å². The molecule has 0 fully saturated rings. The van der Waals surface area contributed by atoms with Crippen LogP contribution in [0.25, 0.3) is 0 Å². The topological polar surface area (TPSA) is 87.5 Å². The number of rotatable bonds is 2. The number of anilines is 1. The standard InChI is InChI=1S/C18H21N5O3S/c1-4-23-12(7-10(2)20-23)17(25)22-6-5-11-13(8-22)27-16-15(11)18(26)21(3)9-14(24)19-16/h7H,4-6,8-9H2,1-3H3,(H,19,24). The average Bonchev–Trinajstić information content (AvgIpc) is 3.16. The molecule has 2 aromatic heterocycles. The maximum Gasteiger partial charge on any atom is 0.272 e. The van der Waals surface area contributed by atoms with Crippen LogP contribution in [0.3, 0.4) is 0 Å². The zero-order chi connectivity index (χ0) is 19.3. The molecule has 0 bridgehead atoms. The van der Waals surface area contributed by atoms with Gasteiger partial charge in [0.15, 0.2) is 0 Å². The fraction of sp³-hybridized carbons (Fsp3) is 0.444. The summed E-state index contributed by atoms with van der Waals surface area (Å²) in [7, 11) is 1.63. The monoisotopic (exact) mass is 387 g/mol. The van der Waals surface area contributed by atoms with E-state index in [9.17, 15) is 14.4 Å². The normalized spacial score (nSPS) is 16.7. The lowest BCUT2D eigenvalue weighted by atomic mass is 10.0. The molecule has 2 aromatic rings. The van der Waals surface area contributed by atoms with E-state index in [1.165, 1.54) is 16.2 Å². The Morgan fingerprint density at radius 1 is 1.33 bits per heavy atom. The predicted molar refractivity (Wildman–Crippen MR) is 101 cm³/mol. The Labute approximate surface area is 160 Å². The summed E-state index contributed by atoms with van der Waals surface area (Å²) in [6, 6.07) is 1.81. The zero-order valence-electron chi connectivity index (χ0n) is 15.5. The second-order valence-electron chi connectivity index (χ2n) is 6.88. The van der Waals surface area contributed by atoms with Crippen LogP contribution < -0.4 is 5.32 Å². The number of nitrogens with one attached hydrogen (secondary N) is 1. The lowest BCUT2D eigenvalue weighted by Crippen LogP contribution is -2.37. The quantitative estimate of drug-likeness (QED) is 0.846. The number of thiophene rings is 1. The number of likely N-dealkylation sites (N-methyl/N-ethyl adjacent to an activating group) is 1. The van der Waals surface area contributed by atoms with Crippen molar-refractivity contribution < 1.29 is 14.4 Å². The van der Waals surface area contributed by atoms with Gasteiger partial charge in [0.2, 0.25) is 5.91 Å². The van der Waals surface area contributed by atoms with Crippen LogP contribution in [0, 0.1) is 6.92 Å². The second-order valence-corrected chi connectivity index (χ2v) is 7.99. The summed E-state index contributed by atoms with van der Waals surface area (Å²) in [5.74, 6) is -0.391. The Hall–Kier alpha value is -2.68. The van der Waals surface area contributed by atoms with Gasteiger partial charge < -0.3 is 15.1 Å². The molecule has 4 heterocycles. The summed E-state index contributed by atoms with van der Waals surface area (Å²) in [5, 5.41) is 7.79. The van der Waals surface area contributed by atoms with Gasteiger partial charge in [-0.05, 0) is 31.9 Å². The van der Waals surface area contributed by atoms with E-state index in [1.54, 1.807) is 16.6 Å². The van der Waals surface area contributed by atoms with E-state index < -0.39 is 0 Å². The van der Waals surface area contributed by atoms with Crippen LogP contribution in [0.4, 0.5) is 5.00 Å². The largest absolute Gasteiger partial charge is 0.332 e. The van der Waals surface area contributed by atoms with Crippen molar-refractivity contribution in [1.29, 1.82) is 0 Å². The third-order valence-corrected chi connectivity index (χ3v) is 6.09. The number of aryl methyl sites for hydroxylation is 2. The molecule has 0 saturated heterocycles. The Kier molecular flexibility index (Phi) is 4.26. The molecular weight excluding hydrogens is 366 g/mol. The smallest absolute Gasteiger partial charge is 0.272 e. The van der Waals surface area contributed by atoms with Crippen molar-refractivity contribution in [3.63, 3.8) is 0 Å². The highest BCUT2D eigenvalue weighted by molar-refractivity contribution is 7.17. The SMILES string of the molecule is CCn1nc(C)cc1C(=O)N1CCc2c(sc3c2C(=O)N(C)CC(=O)N3)C1. The maximum absolute atomic E-state index is 13.0. The number of carbonyl (C=O) groups excluding carboxylic acids is 3. The molecule has 0 aromatic carbocycles. The Balaban J connectivity index is 1.65. The van der Waals surface area contributed by atoms with E-state index >= 15 is 0 Å². The summed E-state index contributed by atoms with van der Waals surface area (Å²) in [6.07, 6.45) is 0.599. The second kappa shape index (κ2) is 6.49. The number of nitrogens with zero attached hydrogens (tertiary/aromatic N) is 4. The first kappa shape index (κ1) is 17.7. The highest BCUT2D eigenvalue weighted by Gasteiger charge is 2.34. The molecule has 0 unspecified atom stereocenters. The molecule has 2 aliphatic rings. The minimum Gasteiger partial charge on any atom is -0.332 e. The van der Waals surface area contributed by atoms with Gasteiger partial charge in [0.25, 0.3) is 11.8 Å². The van der Waals surface area contributed by atoms with Crippen molar-refractivity contribution in [3.8, 4) is 0 Å². The Morgan fingerprint density at radius 3 is 2.85 bits per heavy atom.